The third-order valence-electron chi connectivity index (χ3n) is 2.94. The Kier molecular flexibility index (Phi) is 1.74. The van der Waals surface area contributed by atoms with Crippen molar-refractivity contribution in [3.8, 4) is 0 Å². The number of amides is 2. The Morgan fingerprint density at radius 3 is 2.56 bits per heavy atom. The maximum Gasteiger partial charge on any atom is 0.338 e. The summed E-state index contributed by atoms with van der Waals surface area (Å²) in [5, 5.41) is 10.7. The predicted octanol–water partition coefficient (Wildman–Crippen LogP) is 0.956. The molecule has 1 aliphatic heterocycles. The lowest BCUT2D eigenvalue weighted by Crippen LogP contribution is -2.33. The molecule has 1 aromatic rings. The van der Waals surface area contributed by atoms with Crippen LogP contribution in [0.2, 0.25) is 0 Å². The largest absolute Gasteiger partial charge is 0.478 e. The lowest BCUT2D eigenvalue weighted by atomic mass is 10.3. The highest BCUT2D eigenvalue weighted by Gasteiger charge is 2.59. The molecular weight excluding hydrogens is 230 g/mol. The Bertz CT molecular complexity index is 501. The molecule has 2 fully saturated rings. The van der Waals surface area contributed by atoms with Crippen LogP contribution in [0, 0.1) is 11.8 Å². The number of nitrogens with zero attached hydrogens (tertiary/aromatic N) is 1. The number of carboxylic acids is 1. The van der Waals surface area contributed by atoms with Crippen LogP contribution in [0.3, 0.4) is 0 Å². The molecule has 0 aromatic carbocycles. The molecule has 6 heteroatoms. The van der Waals surface area contributed by atoms with Gasteiger partial charge in [0.1, 0.15) is 5.00 Å². The minimum absolute atomic E-state index is 0.0213. The molecule has 1 saturated heterocycles. The van der Waals surface area contributed by atoms with E-state index in [0.717, 1.165) is 16.2 Å². The van der Waals surface area contributed by atoms with Gasteiger partial charge in [-0.1, -0.05) is 0 Å². The van der Waals surface area contributed by atoms with Crippen LogP contribution in [0.5, 0.6) is 0 Å². The van der Waals surface area contributed by atoms with Crippen molar-refractivity contribution < 1.29 is 19.5 Å². The average molecular weight is 237 g/mol. The second kappa shape index (κ2) is 2.91. The summed E-state index contributed by atoms with van der Waals surface area (Å²) < 4.78 is 0. The molecule has 0 bridgehead atoms. The van der Waals surface area contributed by atoms with E-state index in [1.807, 2.05) is 0 Å². The molecule has 2 amide bonds. The van der Waals surface area contributed by atoms with E-state index < -0.39 is 5.97 Å². The number of carbonyl (C=O) groups excluding carboxylic acids is 2. The van der Waals surface area contributed by atoms with E-state index >= 15 is 0 Å². The van der Waals surface area contributed by atoms with Crippen molar-refractivity contribution in [1.29, 1.82) is 0 Å². The Hall–Kier alpha value is -1.69. The van der Waals surface area contributed by atoms with Gasteiger partial charge in [-0.25, -0.2) is 9.69 Å². The number of thiophene rings is 1. The fourth-order valence-electron chi connectivity index (χ4n) is 2.02. The number of anilines is 1. The quantitative estimate of drug-likeness (QED) is 0.777. The second-order valence-electron chi connectivity index (χ2n) is 3.91. The minimum Gasteiger partial charge on any atom is -0.478 e. The first-order valence-corrected chi connectivity index (χ1v) is 5.68. The fourth-order valence-corrected chi connectivity index (χ4v) is 2.92. The van der Waals surface area contributed by atoms with Crippen LogP contribution in [0.4, 0.5) is 5.00 Å². The van der Waals surface area contributed by atoms with E-state index in [-0.39, 0.29) is 34.2 Å². The Morgan fingerprint density at radius 1 is 1.38 bits per heavy atom. The van der Waals surface area contributed by atoms with E-state index in [1.54, 1.807) is 5.38 Å². The summed E-state index contributed by atoms with van der Waals surface area (Å²) in [6.45, 7) is 0. The molecule has 1 aromatic heterocycles. The third-order valence-corrected chi connectivity index (χ3v) is 3.84. The number of carboxylic acid groups (broad SMARTS) is 1. The standard InChI is InChI=1S/C10H7NO4S/c12-7-5-3-6(5)8(13)11(7)9-4(10(14)15)1-2-16-9/h1-2,5-6H,3H2,(H,14,15). The summed E-state index contributed by atoms with van der Waals surface area (Å²) in [4.78, 5) is 35.4. The lowest BCUT2D eigenvalue weighted by Gasteiger charge is -2.14. The van der Waals surface area contributed by atoms with Gasteiger partial charge < -0.3 is 5.11 Å². The number of hydrogen-bond donors (Lipinski definition) is 1. The SMILES string of the molecule is O=C(O)c1ccsc1N1C(=O)C2CC2C1=O. The van der Waals surface area contributed by atoms with Crippen LogP contribution in [0.15, 0.2) is 11.4 Å². The highest BCUT2D eigenvalue weighted by Crippen LogP contribution is 2.49. The highest BCUT2D eigenvalue weighted by atomic mass is 32.1. The van der Waals surface area contributed by atoms with Crippen LogP contribution in [0.1, 0.15) is 16.8 Å². The van der Waals surface area contributed by atoms with Crippen molar-refractivity contribution >= 4 is 34.1 Å². The summed E-state index contributed by atoms with van der Waals surface area (Å²) in [5.41, 5.74) is 0.0213. The van der Waals surface area contributed by atoms with Gasteiger partial charge in [0.15, 0.2) is 0 Å². The van der Waals surface area contributed by atoms with Crippen molar-refractivity contribution in [3.05, 3.63) is 17.0 Å². The molecule has 82 valence electrons. The molecule has 3 rings (SSSR count). The van der Waals surface area contributed by atoms with E-state index in [1.165, 1.54) is 6.07 Å². The average Bonchev–Trinajstić information content (AvgIpc) is 2.82. The first kappa shape index (κ1) is 9.53. The van der Waals surface area contributed by atoms with Gasteiger partial charge in [0.25, 0.3) is 0 Å². The number of piperidine rings is 1. The Labute approximate surface area is 94.3 Å². The van der Waals surface area contributed by atoms with Crippen molar-refractivity contribution in [2.45, 2.75) is 6.42 Å². The van der Waals surface area contributed by atoms with Gasteiger partial charge in [-0.05, 0) is 17.9 Å². The topological polar surface area (TPSA) is 74.7 Å². The van der Waals surface area contributed by atoms with Gasteiger partial charge in [-0.2, -0.15) is 0 Å². The third kappa shape index (κ3) is 1.07. The monoisotopic (exact) mass is 237 g/mol. The maximum atomic E-state index is 11.7. The first-order chi connectivity index (χ1) is 7.61. The first-order valence-electron chi connectivity index (χ1n) is 4.80. The number of rotatable bonds is 2. The number of carbonyl (C=O) groups is 3. The van der Waals surface area contributed by atoms with Crippen molar-refractivity contribution in [2.24, 2.45) is 11.8 Å². The number of imide groups is 1. The lowest BCUT2D eigenvalue weighted by molar-refractivity contribution is -0.123. The van der Waals surface area contributed by atoms with Gasteiger partial charge >= 0.3 is 5.97 Å². The van der Waals surface area contributed by atoms with Crippen LogP contribution in [0.25, 0.3) is 0 Å². The molecule has 5 nitrogen and oxygen atoms in total. The maximum absolute atomic E-state index is 11.7. The van der Waals surface area contributed by atoms with E-state index in [2.05, 4.69) is 0 Å². The second-order valence-corrected chi connectivity index (χ2v) is 4.80. The van der Waals surface area contributed by atoms with Crippen LogP contribution in [-0.4, -0.2) is 22.9 Å². The van der Waals surface area contributed by atoms with Crippen LogP contribution >= 0.6 is 11.3 Å². The number of aromatic carboxylic acids is 1. The summed E-state index contributed by atoms with van der Waals surface area (Å²) in [7, 11) is 0. The van der Waals surface area contributed by atoms with E-state index in [9.17, 15) is 14.4 Å². The molecule has 2 heterocycles. The summed E-state index contributed by atoms with van der Waals surface area (Å²) in [5.74, 6) is -2.01. The molecular formula is C10H7NO4S. The van der Waals surface area contributed by atoms with Gasteiger partial charge in [-0.15, -0.1) is 11.3 Å². The number of fused-ring (bicyclic) bond motifs is 1. The van der Waals surface area contributed by atoms with Crippen molar-refractivity contribution in [1.82, 2.24) is 0 Å². The predicted molar refractivity (Wildman–Crippen MR) is 55.4 cm³/mol. The summed E-state index contributed by atoms with van der Waals surface area (Å²) in [6.07, 6.45) is 0.627. The normalized spacial score (nSPS) is 27.1. The van der Waals surface area contributed by atoms with Gasteiger partial charge in [0.05, 0.1) is 17.4 Å². The Balaban J connectivity index is 2.04. The zero-order valence-electron chi connectivity index (χ0n) is 8.04. The van der Waals surface area contributed by atoms with Gasteiger partial charge in [0.2, 0.25) is 11.8 Å². The fraction of sp³-hybridized carbons (Fsp3) is 0.300. The summed E-state index contributed by atoms with van der Waals surface area (Å²) >= 11 is 1.11. The molecule has 1 saturated carbocycles. The van der Waals surface area contributed by atoms with Crippen LogP contribution < -0.4 is 4.90 Å². The van der Waals surface area contributed by atoms with Crippen LogP contribution in [-0.2, 0) is 9.59 Å². The molecule has 0 radical (unpaired) electrons. The molecule has 2 aliphatic rings. The molecule has 1 N–H and O–H groups in total. The minimum atomic E-state index is -1.11. The highest BCUT2D eigenvalue weighted by molar-refractivity contribution is 7.15. The zero-order valence-corrected chi connectivity index (χ0v) is 8.86. The Morgan fingerprint density at radius 2 is 2.00 bits per heavy atom. The number of hydrogen-bond acceptors (Lipinski definition) is 4. The molecule has 16 heavy (non-hydrogen) atoms. The van der Waals surface area contributed by atoms with Crippen molar-refractivity contribution in [2.75, 3.05) is 4.90 Å². The molecule has 0 spiro atoms. The van der Waals surface area contributed by atoms with Crippen molar-refractivity contribution in [3.63, 3.8) is 0 Å². The van der Waals surface area contributed by atoms with E-state index in [4.69, 9.17) is 5.11 Å². The zero-order chi connectivity index (χ0) is 11.4. The smallest absolute Gasteiger partial charge is 0.338 e. The summed E-state index contributed by atoms with van der Waals surface area (Å²) in [6, 6.07) is 1.41. The molecule has 1 aliphatic carbocycles. The van der Waals surface area contributed by atoms with E-state index in [0.29, 0.717) is 6.42 Å². The molecule has 2 unspecified atom stereocenters. The molecule has 2 atom stereocenters. The van der Waals surface area contributed by atoms with Gasteiger partial charge in [0, 0.05) is 0 Å². The van der Waals surface area contributed by atoms with Gasteiger partial charge in [-0.3, -0.25) is 9.59 Å².